The molecule has 0 heterocycles. The second-order valence-corrected chi connectivity index (χ2v) is 5.12. The number of alkyl halides is 1. The van der Waals surface area contributed by atoms with Gasteiger partial charge >= 0.3 is 0 Å². The van der Waals surface area contributed by atoms with Gasteiger partial charge in [-0.15, -0.1) is 0 Å². The average molecular weight is 264 g/mol. The molecule has 3 nitrogen and oxygen atoms in total. The van der Waals surface area contributed by atoms with E-state index in [1.54, 1.807) is 0 Å². The number of rotatable bonds is 4. The van der Waals surface area contributed by atoms with Crippen LogP contribution >= 0.6 is 15.9 Å². The number of carbonyl (C=O) groups excluding carboxylic acids is 1. The first-order valence-corrected chi connectivity index (χ1v) is 6.12. The van der Waals surface area contributed by atoms with Crippen molar-refractivity contribution < 1.29 is 9.63 Å². The summed E-state index contributed by atoms with van der Waals surface area (Å²) < 4.78 is 0. The summed E-state index contributed by atoms with van der Waals surface area (Å²) in [5.41, 5.74) is 2.52. The van der Waals surface area contributed by atoms with Gasteiger partial charge in [0.25, 0.3) is 5.91 Å². The highest BCUT2D eigenvalue weighted by Gasteiger charge is 2.21. The molecule has 1 rings (SSSR count). The van der Waals surface area contributed by atoms with Crippen LogP contribution in [0.25, 0.3) is 0 Å². The Balaban J connectivity index is 2.19. The summed E-state index contributed by atoms with van der Waals surface area (Å²) in [4.78, 5) is 16.6. The Morgan fingerprint density at radius 1 is 1.43 bits per heavy atom. The largest absolute Gasteiger partial charge is 0.271 e. The zero-order valence-corrected chi connectivity index (χ0v) is 10.3. The Kier molecular flexibility index (Phi) is 4.89. The molecule has 1 aliphatic rings. The molecule has 82 valence electrons. The quantitative estimate of drug-likeness (QED) is 0.625. The van der Waals surface area contributed by atoms with Gasteiger partial charge in [0.2, 0.25) is 0 Å². The molecule has 1 saturated carbocycles. The third-order valence-electron chi connectivity index (χ3n) is 2.46. The van der Waals surface area contributed by atoms with Crippen LogP contribution in [-0.4, -0.2) is 16.8 Å². The Morgan fingerprint density at radius 3 is 2.50 bits per heavy atom. The van der Waals surface area contributed by atoms with E-state index in [0.717, 1.165) is 12.8 Å². The molecule has 0 radical (unpaired) electrons. The molecule has 1 amide bonds. The van der Waals surface area contributed by atoms with E-state index in [2.05, 4.69) is 21.4 Å². The molecule has 0 spiro atoms. The predicted octanol–water partition coefficient (Wildman–Crippen LogP) is 2.40. The van der Waals surface area contributed by atoms with Crippen LogP contribution < -0.4 is 5.48 Å². The highest BCUT2D eigenvalue weighted by atomic mass is 79.9. The zero-order chi connectivity index (χ0) is 10.6. The van der Waals surface area contributed by atoms with Crippen molar-refractivity contribution in [3.05, 3.63) is 0 Å². The standard InChI is InChI=1S/C10H18BrNO2/c1-7(2)9(11)10(13)12-14-8-5-3-4-6-8/h7-9H,3-6H2,1-2H3,(H,12,13). The Hall–Kier alpha value is -0.0900. The van der Waals surface area contributed by atoms with Gasteiger partial charge < -0.3 is 0 Å². The maximum atomic E-state index is 11.5. The SMILES string of the molecule is CC(C)C(Br)C(=O)NOC1CCCC1. The Morgan fingerprint density at radius 2 is 2.00 bits per heavy atom. The lowest BCUT2D eigenvalue weighted by atomic mass is 10.1. The summed E-state index contributed by atoms with van der Waals surface area (Å²) in [5.74, 6) is 0.203. The van der Waals surface area contributed by atoms with Gasteiger partial charge in [-0.25, -0.2) is 5.48 Å². The maximum absolute atomic E-state index is 11.5. The van der Waals surface area contributed by atoms with E-state index in [1.165, 1.54) is 12.8 Å². The highest BCUT2D eigenvalue weighted by Crippen LogP contribution is 2.20. The van der Waals surface area contributed by atoms with Crippen LogP contribution in [0.3, 0.4) is 0 Å². The van der Waals surface area contributed by atoms with E-state index in [1.807, 2.05) is 13.8 Å². The second-order valence-electron chi connectivity index (χ2n) is 4.14. The van der Waals surface area contributed by atoms with Crippen LogP contribution in [-0.2, 0) is 9.63 Å². The third-order valence-corrected chi connectivity index (χ3v) is 3.94. The van der Waals surface area contributed by atoms with E-state index in [-0.39, 0.29) is 22.8 Å². The molecule has 1 atom stereocenters. The lowest BCUT2D eigenvalue weighted by Crippen LogP contribution is -2.36. The van der Waals surface area contributed by atoms with E-state index in [4.69, 9.17) is 4.84 Å². The Labute approximate surface area is 93.7 Å². The average Bonchev–Trinajstić information content (AvgIpc) is 2.65. The molecule has 1 unspecified atom stereocenters. The lowest BCUT2D eigenvalue weighted by molar-refractivity contribution is -0.138. The smallest absolute Gasteiger partial charge is 0.257 e. The van der Waals surface area contributed by atoms with Crippen LogP contribution in [0.5, 0.6) is 0 Å². The van der Waals surface area contributed by atoms with Gasteiger partial charge in [0.05, 0.1) is 10.9 Å². The van der Waals surface area contributed by atoms with Crippen molar-refractivity contribution in [2.24, 2.45) is 5.92 Å². The number of hydroxylamine groups is 1. The molecule has 1 N–H and O–H groups in total. The van der Waals surface area contributed by atoms with E-state index in [9.17, 15) is 4.79 Å². The molecule has 0 aliphatic heterocycles. The summed E-state index contributed by atoms with van der Waals surface area (Å²) in [6.07, 6.45) is 4.78. The van der Waals surface area contributed by atoms with Crippen molar-refractivity contribution in [3.63, 3.8) is 0 Å². The Bertz CT molecular complexity index is 191. The van der Waals surface area contributed by atoms with Crippen molar-refractivity contribution in [2.75, 3.05) is 0 Å². The molecule has 1 fully saturated rings. The first-order chi connectivity index (χ1) is 6.61. The minimum Gasteiger partial charge on any atom is -0.271 e. The molecular weight excluding hydrogens is 246 g/mol. The van der Waals surface area contributed by atoms with Crippen molar-refractivity contribution in [2.45, 2.75) is 50.5 Å². The van der Waals surface area contributed by atoms with Crippen LogP contribution in [0.4, 0.5) is 0 Å². The lowest BCUT2D eigenvalue weighted by Gasteiger charge is -2.16. The minimum atomic E-state index is -0.163. The van der Waals surface area contributed by atoms with E-state index >= 15 is 0 Å². The molecule has 1 aliphatic carbocycles. The summed E-state index contributed by atoms with van der Waals surface area (Å²) in [5, 5.41) is 0. The van der Waals surface area contributed by atoms with Gasteiger partial charge in [0, 0.05) is 0 Å². The topological polar surface area (TPSA) is 38.3 Å². The summed E-state index contributed by atoms with van der Waals surface area (Å²) in [6.45, 7) is 3.99. The van der Waals surface area contributed by atoms with Crippen molar-refractivity contribution >= 4 is 21.8 Å². The number of hydrogen-bond acceptors (Lipinski definition) is 2. The van der Waals surface area contributed by atoms with Gasteiger partial charge in [-0.1, -0.05) is 42.6 Å². The number of amides is 1. The first kappa shape index (κ1) is 12.0. The minimum absolute atomic E-state index is 0.0769. The van der Waals surface area contributed by atoms with Gasteiger partial charge in [-0.05, 0) is 18.8 Å². The summed E-state index contributed by atoms with van der Waals surface area (Å²) in [7, 11) is 0. The number of carbonyl (C=O) groups is 1. The van der Waals surface area contributed by atoms with Crippen LogP contribution in [0.15, 0.2) is 0 Å². The molecule has 0 aromatic rings. The number of hydrogen-bond donors (Lipinski definition) is 1. The van der Waals surface area contributed by atoms with Gasteiger partial charge in [0.15, 0.2) is 0 Å². The van der Waals surface area contributed by atoms with Gasteiger partial charge in [-0.3, -0.25) is 9.63 Å². The monoisotopic (exact) mass is 263 g/mol. The number of halogens is 1. The summed E-state index contributed by atoms with van der Waals surface area (Å²) >= 11 is 3.33. The molecule has 0 aromatic carbocycles. The van der Waals surface area contributed by atoms with Crippen molar-refractivity contribution in [3.8, 4) is 0 Å². The molecule has 0 aromatic heterocycles. The molecular formula is C10H18BrNO2. The normalized spacial score (nSPS) is 20.0. The van der Waals surface area contributed by atoms with Gasteiger partial charge in [-0.2, -0.15) is 0 Å². The number of nitrogens with one attached hydrogen (secondary N) is 1. The maximum Gasteiger partial charge on any atom is 0.257 e. The zero-order valence-electron chi connectivity index (χ0n) is 8.75. The molecule has 4 heteroatoms. The van der Waals surface area contributed by atoms with Gasteiger partial charge in [0.1, 0.15) is 0 Å². The fourth-order valence-corrected chi connectivity index (χ4v) is 1.60. The second kappa shape index (κ2) is 5.71. The van der Waals surface area contributed by atoms with Crippen molar-refractivity contribution in [1.82, 2.24) is 5.48 Å². The molecule has 0 bridgehead atoms. The predicted molar refractivity (Wildman–Crippen MR) is 59.0 cm³/mol. The molecule has 14 heavy (non-hydrogen) atoms. The summed E-state index contributed by atoms with van der Waals surface area (Å²) in [6, 6.07) is 0. The van der Waals surface area contributed by atoms with Crippen LogP contribution in [0, 0.1) is 5.92 Å². The van der Waals surface area contributed by atoms with E-state index < -0.39 is 0 Å². The fourth-order valence-electron chi connectivity index (χ4n) is 1.51. The molecule has 0 saturated heterocycles. The van der Waals surface area contributed by atoms with Crippen LogP contribution in [0.2, 0.25) is 0 Å². The van der Waals surface area contributed by atoms with E-state index in [0.29, 0.717) is 0 Å². The van der Waals surface area contributed by atoms with Crippen LogP contribution in [0.1, 0.15) is 39.5 Å². The van der Waals surface area contributed by atoms with Crippen molar-refractivity contribution in [1.29, 1.82) is 0 Å². The first-order valence-electron chi connectivity index (χ1n) is 5.21. The fraction of sp³-hybridized carbons (Fsp3) is 0.900. The highest BCUT2D eigenvalue weighted by molar-refractivity contribution is 9.10. The third kappa shape index (κ3) is 3.58.